The van der Waals surface area contributed by atoms with Gasteiger partial charge in [0.15, 0.2) is 5.70 Å². The maximum absolute atomic E-state index is 13.1. The predicted octanol–water partition coefficient (Wildman–Crippen LogP) is 4.82. The Balaban J connectivity index is 1.99. The van der Waals surface area contributed by atoms with Gasteiger partial charge in [-0.3, -0.25) is 0 Å². The first-order valence-corrected chi connectivity index (χ1v) is 8.11. The number of carbonyl (C=O) groups is 1. The van der Waals surface area contributed by atoms with E-state index in [1.165, 1.54) is 25.3 Å². The highest BCUT2D eigenvalue weighted by atomic mass is 79.9. The predicted molar refractivity (Wildman–Crippen MR) is 92.7 cm³/mol. The van der Waals surface area contributed by atoms with Gasteiger partial charge in [-0.25, -0.2) is 9.79 Å². The van der Waals surface area contributed by atoms with Crippen LogP contribution in [0.5, 0.6) is 5.75 Å². The first-order chi connectivity index (χ1) is 12.3. The van der Waals surface area contributed by atoms with Crippen molar-refractivity contribution in [2.75, 3.05) is 7.11 Å². The largest absolute Gasteiger partial charge is 0.496 e. The van der Waals surface area contributed by atoms with Crippen molar-refractivity contribution in [2.45, 2.75) is 6.18 Å². The van der Waals surface area contributed by atoms with Gasteiger partial charge in [0.1, 0.15) is 5.75 Å². The van der Waals surface area contributed by atoms with E-state index in [4.69, 9.17) is 9.47 Å². The van der Waals surface area contributed by atoms with Gasteiger partial charge in [0, 0.05) is 5.56 Å². The number of nitrogens with zero attached hydrogens (tertiary/aromatic N) is 1. The third-order valence-corrected chi connectivity index (χ3v) is 4.20. The van der Waals surface area contributed by atoms with Crippen LogP contribution in [0.2, 0.25) is 0 Å². The molecule has 0 spiro atoms. The van der Waals surface area contributed by atoms with Crippen molar-refractivity contribution in [1.29, 1.82) is 0 Å². The molecule has 0 saturated carbocycles. The van der Waals surface area contributed by atoms with Gasteiger partial charge in [-0.15, -0.1) is 0 Å². The number of hydrogen-bond acceptors (Lipinski definition) is 4. The Labute approximate surface area is 155 Å². The quantitative estimate of drug-likeness (QED) is 0.523. The Morgan fingerprint density at radius 3 is 2.58 bits per heavy atom. The van der Waals surface area contributed by atoms with E-state index in [0.717, 1.165) is 12.1 Å². The lowest BCUT2D eigenvalue weighted by molar-refractivity contribution is -0.137. The van der Waals surface area contributed by atoms with Crippen LogP contribution in [-0.2, 0) is 15.7 Å². The molecule has 0 aliphatic carbocycles. The molecule has 0 atom stereocenters. The molecule has 0 saturated heterocycles. The van der Waals surface area contributed by atoms with E-state index in [2.05, 4.69) is 20.9 Å². The van der Waals surface area contributed by atoms with E-state index in [0.29, 0.717) is 15.8 Å². The Morgan fingerprint density at radius 2 is 1.92 bits per heavy atom. The molecule has 0 fully saturated rings. The maximum Gasteiger partial charge on any atom is 0.416 e. The zero-order chi connectivity index (χ0) is 18.9. The third-order valence-electron chi connectivity index (χ3n) is 3.58. The molecule has 1 aliphatic heterocycles. The number of hydrogen-bond donors (Lipinski definition) is 0. The van der Waals surface area contributed by atoms with Gasteiger partial charge < -0.3 is 9.47 Å². The van der Waals surface area contributed by atoms with Crippen LogP contribution in [0.4, 0.5) is 13.2 Å². The van der Waals surface area contributed by atoms with E-state index in [1.54, 1.807) is 18.2 Å². The van der Waals surface area contributed by atoms with Crippen LogP contribution in [0.25, 0.3) is 6.08 Å². The van der Waals surface area contributed by atoms with Crippen molar-refractivity contribution < 1.29 is 27.4 Å². The van der Waals surface area contributed by atoms with E-state index in [9.17, 15) is 18.0 Å². The lowest BCUT2D eigenvalue weighted by Crippen LogP contribution is -2.08. The zero-order valence-electron chi connectivity index (χ0n) is 13.3. The van der Waals surface area contributed by atoms with Gasteiger partial charge in [-0.2, -0.15) is 13.2 Å². The van der Waals surface area contributed by atoms with Crippen LogP contribution in [0.3, 0.4) is 0 Å². The summed E-state index contributed by atoms with van der Waals surface area (Å²) in [4.78, 5) is 16.0. The molecule has 134 valence electrons. The molecule has 0 unspecified atom stereocenters. The number of carbonyl (C=O) groups excluding carboxylic acids is 1. The molecular weight excluding hydrogens is 415 g/mol. The molecule has 0 N–H and O–H groups in total. The van der Waals surface area contributed by atoms with Gasteiger partial charge in [-0.1, -0.05) is 18.2 Å². The van der Waals surface area contributed by atoms with Crippen LogP contribution >= 0.6 is 15.9 Å². The second kappa shape index (κ2) is 6.95. The van der Waals surface area contributed by atoms with Gasteiger partial charge in [0.05, 0.1) is 17.1 Å². The Morgan fingerprint density at radius 1 is 1.19 bits per heavy atom. The first kappa shape index (κ1) is 18.2. The van der Waals surface area contributed by atoms with Crippen molar-refractivity contribution >= 4 is 33.9 Å². The molecule has 0 amide bonds. The highest BCUT2D eigenvalue weighted by Crippen LogP contribution is 2.33. The number of halogens is 4. The van der Waals surface area contributed by atoms with Gasteiger partial charge in [-0.05, 0) is 51.8 Å². The zero-order valence-corrected chi connectivity index (χ0v) is 14.9. The smallest absolute Gasteiger partial charge is 0.416 e. The Hall–Kier alpha value is -2.61. The molecule has 26 heavy (non-hydrogen) atoms. The lowest BCUT2D eigenvalue weighted by Gasteiger charge is -2.09. The van der Waals surface area contributed by atoms with E-state index in [1.807, 2.05) is 0 Å². The van der Waals surface area contributed by atoms with Crippen molar-refractivity contribution in [1.82, 2.24) is 0 Å². The first-order valence-electron chi connectivity index (χ1n) is 7.32. The van der Waals surface area contributed by atoms with Crippen molar-refractivity contribution in [3.8, 4) is 5.75 Å². The van der Waals surface area contributed by atoms with Gasteiger partial charge in [0.25, 0.3) is 0 Å². The highest BCUT2D eigenvalue weighted by Gasteiger charge is 2.33. The fraction of sp³-hybridized carbons (Fsp3) is 0.111. The molecule has 0 radical (unpaired) electrons. The summed E-state index contributed by atoms with van der Waals surface area (Å²) < 4.78 is 50.1. The topological polar surface area (TPSA) is 47.9 Å². The fourth-order valence-electron chi connectivity index (χ4n) is 2.36. The number of methoxy groups -OCH3 is 1. The molecule has 0 aromatic heterocycles. The minimum atomic E-state index is -4.54. The number of benzene rings is 2. The van der Waals surface area contributed by atoms with Crippen molar-refractivity contribution in [3.63, 3.8) is 0 Å². The Kier molecular flexibility index (Phi) is 4.86. The average molecular weight is 426 g/mol. The summed E-state index contributed by atoms with van der Waals surface area (Å²) in [5.74, 6) is -0.230. The van der Waals surface area contributed by atoms with Gasteiger partial charge >= 0.3 is 12.1 Å². The molecule has 8 heteroatoms. The number of aliphatic imine (C=N–C) groups is 1. The second-order valence-corrected chi connectivity index (χ2v) is 6.12. The second-order valence-electron chi connectivity index (χ2n) is 5.27. The molecule has 1 heterocycles. The lowest BCUT2D eigenvalue weighted by atomic mass is 10.1. The van der Waals surface area contributed by atoms with E-state index < -0.39 is 17.7 Å². The molecule has 3 rings (SSSR count). The van der Waals surface area contributed by atoms with E-state index in [-0.39, 0.29) is 17.2 Å². The van der Waals surface area contributed by atoms with E-state index >= 15 is 0 Å². The summed E-state index contributed by atoms with van der Waals surface area (Å²) >= 11 is 3.31. The normalized spacial score (nSPS) is 15.8. The monoisotopic (exact) mass is 425 g/mol. The summed E-state index contributed by atoms with van der Waals surface area (Å²) in [7, 11) is 1.51. The minimum Gasteiger partial charge on any atom is -0.496 e. The van der Waals surface area contributed by atoms with Crippen LogP contribution in [0.15, 0.2) is 57.6 Å². The number of cyclic esters (lactones) is 1. The maximum atomic E-state index is 13.1. The third kappa shape index (κ3) is 3.65. The molecule has 4 nitrogen and oxygen atoms in total. The summed E-state index contributed by atoms with van der Waals surface area (Å²) in [5.41, 5.74) is -0.730. The average Bonchev–Trinajstić information content (AvgIpc) is 2.95. The molecule has 2 aromatic carbocycles. The summed E-state index contributed by atoms with van der Waals surface area (Å²) in [6.07, 6.45) is -3.47. The van der Waals surface area contributed by atoms with Crippen LogP contribution in [-0.4, -0.2) is 19.0 Å². The highest BCUT2D eigenvalue weighted by molar-refractivity contribution is 9.10. The Bertz CT molecular complexity index is 936. The molecule has 2 aromatic rings. The van der Waals surface area contributed by atoms with Crippen LogP contribution in [0.1, 0.15) is 16.7 Å². The van der Waals surface area contributed by atoms with Gasteiger partial charge in [0.2, 0.25) is 5.90 Å². The summed E-state index contributed by atoms with van der Waals surface area (Å²) in [6.45, 7) is 0. The van der Waals surface area contributed by atoms with Crippen LogP contribution in [0, 0.1) is 0 Å². The van der Waals surface area contributed by atoms with Crippen molar-refractivity contribution in [3.05, 3.63) is 69.3 Å². The fourth-order valence-corrected chi connectivity index (χ4v) is 2.90. The molecule has 1 aliphatic rings. The SMILES string of the molecule is COc1ccc(C2=N/C(=C\c3ccccc3C(F)(F)F)C(=O)O2)cc1Br. The molecular formula is C18H11BrF3NO3. The number of rotatable bonds is 3. The number of esters is 1. The number of ether oxygens (including phenoxy) is 2. The standard InChI is InChI=1S/C18H11BrF3NO3/c1-25-15-7-6-11(8-13(15)19)16-23-14(17(24)26-16)9-10-4-2-3-5-12(10)18(20,21)22/h2-9H,1H3/b14-9-. The summed E-state index contributed by atoms with van der Waals surface area (Å²) in [6, 6.07) is 9.85. The van der Waals surface area contributed by atoms with Crippen molar-refractivity contribution in [2.24, 2.45) is 4.99 Å². The molecule has 0 bridgehead atoms. The number of alkyl halides is 3. The minimum absolute atomic E-state index is 0.00842. The van der Waals surface area contributed by atoms with Crippen LogP contribution < -0.4 is 4.74 Å². The summed E-state index contributed by atoms with van der Waals surface area (Å²) in [5, 5.41) is 0.